The van der Waals surface area contributed by atoms with Gasteiger partial charge in [0, 0.05) is 52.4 Å². The fourth-order valence-corrected chi connectivity index (χ4v) is 7.05. The maximum atomic E-state index is 4.56. The van der Waals surface area contributed by atoms with Gasteiger partial charge in [-0.15, -0.1) is 0 Å². The molecule has 0 atom stereocenters. The maximum absolute atomic E-state index is 4.56. The topological polar surface area (TPSA) is 35.9 Å². The molecule has 1 rings (SSSR count). The summed E-state index contributed by atoms with van der Waals surface area (Å²) < 4.78 is 4.56. The largest absolute Gasteiger partial charge is 1.00 e. The van der Waals surface area contributed by atoms with Crippen LogP contribution in [0.2, 0.25) is 26.2 Å². The monoisotopic (exact) mass is 385 g/mol. The summed E-state index contributed by atoms with van der Waals surface area (Å²) in [5.41, 5.74) is 0. The molecule has 1 heterocycles. The van der Waals surface area contributed by atoms with E-state index < -0.39 is 17.9 Å². The van der Waals surface area contributed by atoms with Crippen molar-refractivity contribution in [3.63, 3.8) is 0 Å². The molecule has 1 fully saturated rings. The normalized spacial score (nSPS) is 20.2. The molecule has 0 aliphatic carbocycles. The summed E-state index contributed by atoms with van der Waals surface area (Å²) in [5, 5.41) is 3.48. The molecule has 1 aliphatic rings. The van der Waals surface area contributed by atoms with E-state index in [-0.39, 0.29) is 51.4 Å². The van der Waals surface area contributed by atoms with Gasteiger partial charge >= 0.3 is 51.4 Å². The van der Waals surface area contributed by atoms with Gasteiger partial charge in [0.25, 0.3) is 0 Å². The van der Waals surface area contributed by atoms with Crippen LogP contribution < -0.4 is 56.7 Å². The Balaban J connectivity index is 0. The Bertz CT molecular complexity index is 238. The summed E-state index contributed by atoms with van der Waals surface area (Å²) in [4.78, 5) is 7.21. The van der Waals surface area contributed by atoms with Crippen LogP contribution in [0.4, 0.5) is 0 Å². The zero-order valence-electron chi connectivity index (χ0n) is 17.1. The zero-order valence-corrected chi connectivity index (χ0v) is 22.5. The zero-order chi connectivity index (χ0) is 17.0. The first-order valence-corrected chi connectivity index (χ1v) is 14.4. The Morgan fingerprint density at radius 2 is 0.957 bits per heavy atom. The van der Waals surface area contributed by atoms with Crippen molar-refractivity contribution in [1.29, 1.82) is 0 Å². The molecule has 1 N–H and O–H groups in total. The van der Waals surface area contributed by atoms with Crippen LogP contribution in [0.5, 0.6) is 0 Å². The SMILES string of the molecule is CN1CCNCCN(C)CCN(C)CC1.C[SiH](C)[N-][SiH](C)C.[K+]. The third-order valence-corrected chi connectivity index (χ3v) is 8.43. The van der Waals surface area contributed by atoms with Crippen LogP contribution in [-0.4, -0.2) is 106 Å². The van der Waals surface area contributed by atoms with Crippen molar-refractivity contribution >= 4 is 17.9 Å². The molecule has 0 bridgehead atoms. The fraction of sp³-hybridized carbons (Fsp3) is 1.00. The summed E-state index contributed by atoms with van der Waals surface area (Å²) in [6.45, 7) is 18.3. The quantitative estimate of drug-likeness (QED) is 0.543. The van der Waals surface area contributed by atoms with E-state index in [1.165, 1.54) is 26.2 Å². The van der Waals surface area contributed by atoms with Gasteiger partial charge in [0.2, 0.25) is 0 Å². The van der Waals surface area contributed by atoms with Crippen LogP contribution in [0.15, 0.2) is 0 Å². The predicted molar refractivity (Wildman–Crippen MR) is 106 cm³/mol. The van der Waals surface area contributed by atoms with Crippen LogP contribution in [0, 0.1) is 0 Å². The summed E-state index contributed by atoms with van der Waals surface area (Å²) >= 11 is 0. The van der Waals surface area contributed by atoms with E-state index in [1.54, 1.807) is 0 Å². The standard InChI is InChI=1S/C11H26N4.C4H14NSi2.K/c1-13-6-4-12-5-7-14(2)9-11-15(3)10-8-13;1-6(2)5-7(3)4;/h12H,4-11H2,1-3H3;6-7H,1-4H3;/q;-1;+1. The fourth-order valence-electron chi connectivity index (χ4n) is 2.28. The third kappa shape index (κ3) is 20.0. The Morgan fingerprint density at radius 1 is 0.652 bits per heavy atom. The first-order chi connectivity index (χ1) is 10.3. The van der Waals surface area contributed by atoms with Crippen LogP contribution in [-0.2, 0) is 0 Å². The summed E-state index contributed by atoms with van der Waals surface area (Å²) in [7, 11) is 5.53. The van der Waals surface area contributed by atoms with Gasteiger partial charge in [0.05, 0.1) is 0 Å². The van der Waals surface area contributed by atoms with E-state index in [9.17, 15) is 0 Å². The van der Waals surface area contributed by atoms with Gasteiger partial charge < -0.3 is 24.7 Å². The van der Waals surface area contributed by atoms with Crippen molar-refractivity contribution in [2.24, 2.45) is 0 Å². The van der Waals surface area contributed by atoms with Crippen molar-refractivity contribution in [2.45, 2.75) is 26.2 Å². The Hall–Kier alpha value is 1.87. The second kappa shape index (κ2) is 17.3. The minimum atomic E-state index is -0.542. The van der Waals surface area contributed by atoms with E-state index >= 15 is 0 Å². The molecule has 0 aromatic heterocycles. The van der Waals surface area contributed by atoms with Gasteiger partial charge in [0.1, 0.15) is 0 Å². The average molecular weight is 386 g/mol. The minimum absolute atomic E-state index is 0. The molecule has 8 heteroatoms. The van der Waals surface area contributed by atoms with E-state index in [4.69, 9.17) is 0 Å². The van der Waals surface area contributed by atoms with Crippen molar-refractivity contribution in [3.8, 4) is 0 Å². The van der Waals surface area contributed by atoms with Gasteiger partial charge in [-0.3, -0.25) is 0 Å². The Kier molecular flexibility index (Phi) is 20.4. The van der Waals surface area contributed by atoms with Crippen LogP contribution in [0.25, 0.3) is 4.65 Å². The molecular formula is C15H40KN5Si2. The summed E-state index contributed by atoms with van der Waals surface area (Å²) in [6.07, 6.45) is 0. The van der Waals surface area contributed by atoms with E-state index in [0.717, 1.165) is 26.2 Å². The van der Waals surface area contributed by atoms with Crippen molar-refractivity contribution in [3.05, 3.63) is 4.65 Å². The Morgan fingerprint density at radius 3 is 1.22 bits per heavy atom. The van der Waals surface area contributed by atoms with Crippen LogP contribution >= 0.6 is 0 Å². The minimum Gasteiger partial charge on any atom is -0.672 e. The van der Waals surface area contributed by atoms with Crippen molar-refractivity contribution in [1.82, 2.24) is 20.0 Å². The number of hydrogen-bond donors (Lipinski definition) is 1. The number of nitrogens with one attached hydrogen (secondary N) is 1. The Labute approximate surface area is 191 Å². The van der Waals surface area contributed by atoms with Crippen LogP contribution in [0.1, 0.15) is 0 Å². The number of likely N-dealkylation sites (N-methyl/N-ethyl adjacent to an activating group) is 3. The molecule has 0 saturated carbocycles. The molecule has 0 aromatic rings. The molecule has 1 saturated heterocycles. The maximum Gasteiger partial charge on any atom is 1.00 e. The van der Waals surface area contributed by atoms with Crippen molar-refractivity contribution < 1.29 is 51.4 Å². The molecule has 0 spiro atoms. The molecule has 0 amide bonds. The van der Waals surface area contributed by atoms with E-state index in [1.807, 2.05) is 0 Å². The summed E-state index contributed by atoms with van der Waals surface area (Å²) in [6, 6.07) is 0. The second-order valence-corrected chi connectivity index (χ2v) is 12.6. The van der Waals surface area contributed by atoms with Gasteiger partial charge in [-0.2, -0.15) is 0 Å². The first kappa shape index (κ1) is 27.1. The predicted octanol–water partition coefficient (Wildman–Crippen LogP) is -2.28. The van der Waals surface area contributed by atoms with E-state index in [0.29, 0.717) is 0 Å². The molecule has 0 radical (unpaired) electrons. The third-order valence-electron chi connectivity index (χ3n) is 3.66. The smallest absolute Gasteiger partial charge is 0.672 e. The molecule has 0 aromatic carbocycles. The molecule has 1 aliphatic heterocycles. The number of rotatable bonds is 2. The molecular weight excluding hydrogens is 345 g/mol. The number of nitrogens with zero attached hydrogens (tertiary/aromatic N) is 4. The second-order valence-electron chi connectivity index (χ2n) is 7.00. The van der Waals surface area contributed by atoms with Gasteiger partial charge in [0.15, 0.2) is 0 Å². The van der Waals surface area contributed by atoms with Gasteiger partial charge in [-0.1, -0.05) is 44.1 Å². The number of hydrogen-bond acceptors (Lipinski definition) is 4. The average Bonchev–Trinajstić information content (AvgIpc) is 2.40. The molecule has 5 nitrogen and oxygen atoms in total. The van der Waals surface area contributed by atoms with Gasteiger partial charge in [-0.05, 0) is 21.1 Å². The van der Waals surface area contributed by atoms with Crippen molar-refractivity contribution in [2.75, 3.05) is 73.5 Å². The molecule has 0 unspecified atom stereocenters. The molecule has 23 heavy (non-hydrogen) atoms. The first-order valence-electron chi connectivity index (χ1n) is 8.77. The molecule has 134 valence electrons. The van der Waals surface area contributed by atoms with E-state index in [2.05, 4.69) is 72.0 Å². The summed E-state index contributed by atoms with van der Waals surface area (Å²) in [5.74, 6) is 0. The van der Waals surface area contributed by atoms with Gasteiger partial charge in [-0.25, -0.2) is 0 Å². The van der Waals surface area contributed by atoms with Crippen LogP contribution in [0.3, 0.4) is 0 Å².